The lowest BCUT2D eigenvalue weighted by atomic mass is 10.1. The molecular weight excluding hydrogens is 280 g/mol. The van der Waals surface area contributed by atoms with Crippen molar-refractivity contribution in [2.75, 3.05) is 34.9 Å². The summed E-state index contributed by atoms with van der Waals surface area (Å²) in [5.41, 5.74) is 1.07. The largest absolute Gasteiger partial charge is 0.497 e. The summed E-state index contributed by atoms with van der Waals surface area (Å²) >= 11 is 0. The SMILES string of the molecule is COc1ccc(OC)c(CNCC(c2ccco2)N(C)C)c1. The minimum Gasteiger partial charge on any atom is -0.497 e. The molecule has 0 bridgehead atoms. The smallest absolute Gasteiger partial charge is 0.123 e. The average Bonchev–Trinajstić information content (AvgIpc) is 3.04. The van der Waals surface area contributed by atoms with Gasteiger partial charge in [-0.05, 0) is 44.4 Å². The first-order valence-corrected chi connectivity index (χ1v) is 7.27. The molecule has 0 aliphatic rings. The Morgan fingerprint density at radius 2 is 2.00 bits per heavy atom. The number of nitrogens with zero attached hydrogens (tertiary/aromatic N) is 1. The van der Waals surface area contributed by atoms with Crippen LogP contribution in [0.4, 0.5) is 0 Å². The molecule has 0 aliphatic heterocycles. The van der Waals surface area contributed by atoms with Crippen LogP contribution in [0.3, 0.4) is 0 Å². The van der Waals surface area contributed by atoms with E-state index in [1.807, 2.05) is 44.4 Å². The molecule has 5 nitrogen and oxygen atoms in total. The number of rotatable bonds is 8. The van der Waals surface area contributed by atoms with Crippen LogP contribution >= 0.6 is 0 Å². The summed E-state index contributed by atoms with van der Waals surface area (Å²) in [6.07, 6.45) is 1.71. The predicted octanol–water partition coefficient (Wildman–Crippen LogP) is 2.69. The van der Waals surface area contributed by atoms with E-state index in [1.54, 1.807) is 20.5 Å². The molecule has 0 saturated carbocycles. The highest BCUT2D eigenvalue weighted by Gasteiger charge is 2.16. The number of nitrogens with one attached hydrogen (secondary N) is 1. The van der Waals surface area contributed by atoms with Crippen molar-refractivity contribution in [1.29, 1.82) is 0 Å². The minimum atomic E-state index is 0.187. The van der Waals surface area contributed by atoms with E-state index in [-0.39, 0.29) is 6.04 Å². The van der Waals surface area contributed by atoms with Gasteiger partial charge in [-0.2, -0.15) is 0 Å². The van der Waals surface area contributed by atoms with Gasteiger partial charge in [-0.15, -0.1) is 0 Å². The van der Waals surface area contributed by atoms with Gasteiger partial charge in [-0.1, -0.05) is 0 Å². The highest BCUT2D eigenvalue weighted by molar-refractivity contribution is 5.40. The van der Waals surface area contributed by atoms with E-state index in [9.17, 15) is 0 Å². The third-order valence-electron chi connectivity index (χ3n) is 3.64. The topological polar surface area (TPSA) is 46.9 Å². The van der Waals surface area contributed by atoms with Gasteiger partial charge in [0.25, 0.3) is 0 Å². The van der Waals surface area contributed by atoms with Crippen LogP contribution in [-0.2, 0) is 6.54 Å². The first-order valence-electron chi connectivity index (χ1n) is 7.27. The van der Waals surface area contributed by atoms with Crippen LogP contribution in [0, 0.1) is 0 Å². The molecule has 0 spiro atoms. The quantitative estimate of drug-likeness (QED) is 0.812. The summed E-state index contributed by atoms with van der Waals surface area (Å²) in [5, 5.41) is 3.46. The second-order valence-corrected chi connectivity index (χ2v) is 5.30. The standard InChI is InChI=1S/C17H24N2O3/c1-19(2)15(17-6-5-9-22-17)12-18-11-13-10-14(20-3)7-8-16(13)21-4/h5-10,15,18H,11-12H2,1-4H3. The Hall–Kier alpha value is -1.98. The van der Waals surface area contributed by atoms with Crippen molar-refractivity contribution >= 4 is 0 Å². The predicted molar refractivity (Wildman–Crippen MR) is 86.4 cm³/mol. The number of hydrogen-bond acceptors (Lipinski definition) is 5. The van der Waals surface area contributed by atoms with Crippen molar-refractivity contribution in [2.45, 2.75) is 12.6 Å². The van der Waals surface area contributed by atoms with Gasteiger partial charge < -0.3 is 19.2 Å². The van der Waals surface area contributed by atoms with Gasteiger partial charge in [0.05, 0.1) is 26.5 Å². The van der Waals surface area contributed by atoms with Crippen molar-refractivity contribution in [2.24, 2.45) is 0 Å². The van der Waals surface area contributed by atoms with Crippen LogP contribution in [0.2, 0.25) is 0 Å². The van der Waals surface area contributed by atoms with Gasteiger partial charge >= 0.3 is 0 Å². The number of hydrogen-bond donors (Lipinski definition) is 1. The molecule has 1 N–H and O–H groups in total. The summed E-state index contributed by atoms with van der Waals surface area (Å²) in [4.78, 5) is 2.13. The fraction of sp³-hybridized carbons (Fsp3) is 0.412. The average molecular weight is 304 g/mol. The zero-order valence-corrected chi connectivity index (χ0v) is 13.6. The van der Waals surface area contributed by atoms with Crippen LogP contribution in [0.1, 0.15) is 17.4 Å². The molecule has 22 heavy (non-hydrogen) atoms. The highest BCUT2D eigenvalue weighted by atomic mass is 16.5. The molecule has 0 amide bonds. The zero-order valence-electron chi connectivity index (χ0n) is 13.6. The molecule has 1 heterocycles. The van der Waals surface area contributed by atoms with E-state index in [1.165, 1.54) is 0 Å². The van der Waals surface area contributed by atoms with Crippen molar-refractivity contribution < 1.29 is 13.9 Å². The molecule has 1 atom stereocenters. The summed E-state index contributed by atoms with van der Waals surface area (Å²) < 4.78 is 16.2. The molecule has 0 aliphatic carbocycles. The summed E-state index contributed by atoms with van der Waals surface area (Å²) in [5.74, 6) is 2.63. The fourth-order valence-electron chi connectivity index (χ4n) is 2.38. The summed E-state index contributed by atoms with van der Waals surface area (Å²) in [7, 11) is 7.43. The van der Waals surface area contributed by atoms with E-state index in [0.29, 0.717) is 6.54 Å². The molecule has 2 aromatic rings. The molecule has 1 aromatic heterocycles. The second kappa shape index (κ2) is 7.87. The molecule has 1 unspecified atom stereocenters. The molecular formula is C17H24N2O3. The van der Waals surface area contributed by atoms with Gasteiger partial charge in [0, 0.05) is 18.7 Å². The number of furan rings is 1. The first-order chi connectivity index (χ1) is 10.7. The molecule has 1 aromatic carbocycles. The first kappa shape index (κ1) is 16.4. The Balaban J connectivity index is 2.00. The van der Waals surface area contributed by atoms with Crippen molar-refractivity contribution in [3.05, 3.63) is 47.9 Å². The van der Waals surface area contributed by atoms with Crippen molar-refractivity contribution in [3.8, 4) is 11.5 Å². The maximum absolute atomic E-state index is 5.51. The van der Waals surface area contributed by atoms with E-state index in [4.69, 9.17) is 13.9 Å². The van der Waals surface area contributed by atoms with Gasteiger partial charge in [0.2, 0.25) is 0 Å². The van der Waals surface area contributed by atoms with Gasteiger partial charge in [-0.3, -0.25) is 4.90 Å². The minimum absolute atomic E-state index is 0.187. The van der Waals surface area contributed by atoms with E-state index < -0.39 is 0 Å². The van der Waals surface area contributed by atoms with Crippen LogP contribution in [0.15, 0.2) is 41.0 Å². The maximum atomic E-state index is 5.51. The molecule has 5 heteroatoms. The van der Waals surface area contributed by atoms with Gasteiger partial charge in [0.15, 0.2) is 0 Å². The normalized spacial score (nSPS) is 12.4. The molecule has 0 fully saturated rings. The molecule has 120 valence electrons. The number of methoxy groups -OCH3 is 2. The van der Waals surface area contributed by atoms with Crippen LogP contribution in [0.5, 0.6) is 11.5 Å². The highest BCUT2D eigenvalue weighted by Crippen LogP contribution is 2.24. The lowest BCUT2D eigenvalue weighted by molar-refractivity contribution is 0.250. The van der Waals surface area contributed by atoms with E-state index in [2.05, 4.69) is 10.2 Å². The van der Waals surface area contributed by atoms with E-state index >= 15 is 0 Å². The summed E-state index contributed by atoms with van der Waals surface area (Å²) in [6.45, 7) is 1.48. The Kier molecular flexibility index (Phi) is 5.86. The zero-order chi connectivity index (χ0) is 15.9. The molecule has 0 radical (unpaired) electrons. The Labute approximate surface area is 131 Å². The maximum Gasteiger partial charge on any atom is 0.123 e. The number of ether oxygens (including phenoxy) is 2. The fourth-order valence-corrected chi connectivity index (χ4v) is 2.38. The Morgan fingerprint density at radius 1 is 1.18 bits per heavy atom. The number of benzene rings is 1. The lowest BCUT2D eigenvalue weighted by Crippen LogP contribution is -2.30. The van der Waals surface area contributed by atoms with Crippen molar-refractivity contribution in [1.82, 2.24) is 10.2 Å². The van der Waals surface area contributed by atoms with E-state index in [0.717, 1.165) is 29.4 Å². The Morgan fingerprint density at radius 3 is 2.59 bits per heavy atom. The van der Waals surface area contributed by atoms with Gasteiger partial charge in [-0.25, -0.2) is 0 Å². The van der Waals surface area contributed by atoms with Crippen LogP contribution in [-0.4, -0.2) is 39.8 Å². The number of likely N-dealkylation sites (N-methyl/N-ethyl adjacent to an activating group) is 1. The van der Waals surface area contributed by atoms with Crippen LogP contribution in [0.25, 0.3) is 0 Å². The monoisotopic (exact) mass is 304 g/mol. The second-order valence-electron chi connectivity index (χ2n) is 5.30. The van der Waals surface area contributed by atoms with Crippen LogP contribution < -0.4 is 14.8 Å². The van der Waals surface area contributed by atoms with Gasteiger partial charge in [0.1, 0.15) is 17.3 Å². The van der Waals surface area contributed by atoms with Crippen molar-refractivity contribution in [3.63, 3.8) is 0 Å². The Bertz CT molecular complexity index is 567. The molecule has 0 saturated heterocycles. The molecule has 2 rings (SSSR count). The third-order valence-corrected chi connectivity index (χ3v) is 3.64. The lowest BCUT2D eigenvalue weighted by Gasteiger charge is -2.23. The third kappa shape index (κ3) is 4.02. The summed E-state index contributed by atoms with van der Waals surface area (Å²) in [6, 6.07) is 9.91.